The van der Waals surface area contributed by atoms with Crippen LogP contribution in [0.1, 0.15) is 21.9 Å². The fourth-order valence-corrected chi connectivity index (χ4v) is 3.73. The summed E-state index contributed by atoms with van der Waals surface area (Å²) in [4.78, 5) is 14.6. The maximum absolute atomic E-state index is 11.9. The molecule has 0 aliphatic rings. The Morgan fingerprint density at radius 2 is 2.25 bits per heavy atom. The lowest BCUT2D eigenvalue weighted by Gasteiger charge is -2.03. The molecule has 0 aliphatic carbocycles. The van der Waals surface area contributed by atoms with E-state index in [2.05, 4.69) is 19.9 Å². The molecule has 0 radical (unpaired) electrons. The summed E-state index contributed by atoms with van der Waals surface area (Å²) in [6.07, 6.45) is 2.53. The number of aromatic amines is 1. The van der Waals surface area contributed by atoms with E-state index in [1.165, 1.54) is 18.5 Å². The minimum Gasteiger partial charge on any atom is -0.477 e. The van der Waals surface area contributed by atoms with E-state index in [0.717, 1.165) is 11.3 Å². The van der Waals surface area contributed by atoms with E-state index in [9.17, 15) is 13.2 Å². The number of sulfonamides is 1. The van der Waals surface area contributed by atoms with Gasteiger partial charge < -0.3 is 5.11 Å². The highest BCUT2D eigenvalue weighted by molar-refractivity contribution is 7.91. The number of aryl methyl sites for hydroxylation is 1. The second-order valence-electron chi connectivity index (χ2n) is 3.86. The molecule has 20 heavy (non-hydrogen) atoms. The van der Waals surface area contributed by atoms with Gasteiger partial charge in [-0.25, -0.2) is 22.9 Å². The summed E-state index contributed by atoms with van der Waals surface area (Å²) in [6, 6.07) is 2.56. The number of aromatic nitrogens is 3. The number of nitrogens with one attached hydrogen (secondary N) is 2. The predicted molar refractivity (Wildman–Crippen MR) is 71.2 cm³/mol. The van der Waals surface area contributed by atoms with Gasteiger partial charge in [-0.1, -0.05) is 0 Å². The highest BCUT2D eigenvalue weighted by atomic mass is 32.2. The number of aromatic carboxylic acids is 1. The van der Waals surface area contributed by atoms with Crippen LogP contribution in [-0.4, -0.2) is 41.2 Å². The van der Waals surface area contributed by atoms with E-state index >= 15 is 0 Å². The zero-order valence-electron chi connectivity index (χ0n) is 10.2. The fourth-order valence-electron chi connectivity index (χ4n) is 1.46. The van der Waals surface area contributed by atoms with Gasteiger partial charge in [0.05, 0.1) is 0 Å². The minimum absolute atomic E-state index is 0.00503. The van der Waals surface area contributed by atoms with Gasteiger partial charge in [-0.3, -0.25) is 5.10 Å². The Kier molecular flexibility index (Phi) is 4.47. The van der Waals surface area contributed by atoms with Crippen molar-refractivity contribution < 1.29 is 18.3 Å². The molecule has 0 amide bonds. The smallest absolute Gasteiger partial charge is 0.345 e. The van der Waals surface area contributed by atoms with Crippen molar-refractivity contribution in [3.8, 4) is 0 Å². The summed E-state index contributed by atoms with van der Waals surface area (Å²) in [6.45, 7) is 0.239. The Labute approximate surface area is 118 Å². The number of carboxylic acids is 1. The van der Waals surface area contributed by atoms with Gasteiger partial charge >= 0.3 is 5.97 Å². The van der Waals surface area contributed by atoms with Crippen LogP contribution >= 0.6 is 11.3 Å². The minimum atomic E-state index is -3.66. The molecule has 2 aromatic rings. The summed E-state index contributed by atoms with van der Waals surface area (Å²) in [7, 11) is -3.66. The van der Waals surface area contributed by atoms with E-state index in [0.29, 0.717) is 18.7 Å². The van der Waals surface area contributed by atoms with Gasteiger partial charge in [-0.05, 0) is 18.6 Å². The number of hydrogen-bond donors (Lipinski definition) is 3. The molecule has 0 spiro atoms. The molecule has 8 nitrogen and oxygen atoms in total. The number of H-pyrrole nitrogens is 1. The molecule has 0 saturated carbocycles. The van der Waals surface area contributed by atoms with E-state index in [1.54, 1.807) is 0 Å². The Balaban J connectivity index is 1.88. The van der Waals surface area contributed by atoms with Gasteiger partial charge in [0.2, 0.25) is 10.0 Å². The molecule has 10 heteroatoms. The third-order valence-corrected chi connectivity index (χ3v) is 5.43. The third-order valence-electron chi connectivity index (χ3n) is 2.40. The van der Waals surface area contributed by atoms with Gasteiger partial charge in [0, 0.05) is 13.0 Å². The molecule has 0 unspecified atom stereocenters. The van der Waals surface area contributed by atoms with Crippen molar-refractivity contribution in [2.75, 3.05) is 6.54 Å². The second-order valence-corrected chi connectivity index (χ2v) is 6.93. The lowest BCUT2D eigenvalue weighted by atomic mass is 10.3. The van der Waals surface area contributed by atoms with Crippen LogP contribution in [0.5, 0.6) is 0 Å². The molecule has 0 bridgehead atoms. The predicted octanol–water partition coefficient (Wildman–Crippen LogP) is 0.475. The Morgan fingerprint density at radius 1 is 1.45 bits per heavy atom. The van der Waals surface area contributed by atoms with E-state index in [-0.39, 0.29) is 15.6 Å². The zero-order chi connectivity index (χ0) is 14.6. The van der Waals surface area contributed by atoms with Crippen molar-refractivity contribution >= 4 is 27.3 Å². The Bertz CT molecular complexity index is 678. The second kappa shape index (κ2) is 6.11. The van der Waals surface area contributed by atoms with Gasteiger partial charge in [-0.15, -0.1) is 11.3 Å². The molecule has 0 atom stereocenters. The highest BCUT2D eigenvalue weighted by Crippen LogP contribution is 2.21. The summed E-state index contributed by atoms with van der Waals surface area (Å²) in [5.74, 6) is -0.449. The SMILES string of the molecule is O=C(O)c1ccc(S(=O)(=O)NCCCc2ncn[nH]2)s1. The van der Waals surface area contributed by atoms with E-state index < -0.39 is 16.0 Å². The molecule has 0 aromatic carbocycles. The monoisotopic (exact) mass is 316 g/mol. The van der Waals surface area contributed by atoms with Crippen LogP contribution < -0.4 is 4.72 Å². The normalized spacial score (nSPS) is 11.6. The van der Waals surface area contributed by atoms with Crippen LogP contribution in [0.15, 0.2) is 22.7 Å². The number of thiophene rings is 1. The van der Waals surface area contributed by atoms with E-state index in [1.807, 2.05) is 0 Å². The molecular weight excluding hydrogens is 304 g/mol. The number of nitrogens with zero attached hydrogens (tertiary/aromatic N) is 2. The van der Waals surface area contributed by atoms with Gasteiger partial charge in [0.25, 0.3) is 0 Å². The Morgan fingerprint density at radius 3 is 2.85 bits per heavy atom. The molecule has 2 heterocycles. The molecule has 0 aliphatic heterocycles. The molecule has 108 valence electrons. The first-order chi connectivity index (χ1) is 9.49. The fraction of sp³-hybridized carbons (Fsp3) is 0.300. The Hall–Kier alpha value is -1.78. The summed E-state index contributed by atoms with van der Waals surface area (Å²) < 4.78 is 26.2. The number of hydrogen-bond acceptors (Lipinski definition) is 6. The van der Waals surface area contributed by atoms with Crippen molar-refractivity contribution in [3.05, 3.63) is 29.2 Å². The molecular formula is C10H12N4O4S2. The molecule has 0 fully saturated rings. The number of rotatable bonds is 7. The van der Waals surface area contributed by atoms with Crippen LogP contribution in [0.4, 0.5) is 0 Å². The molecule has 0 saturated heterocycles. The zero-order valence-corrected chi connectivity index (χ0v) is 11.9. The van der Waals surface area contributed by atoms with Crippen LogP contribution in [0.2, 0.25) is 0 Å². The van der Waals surface area contributed by atoms with Crippen molar-refractivity contribution in [3.63, 3.8) is 0 Å². The number of carboxylic acid groups (broad SMARTS) is 1. The topological polar surface area (TPSA) is 125 Å². The largest absolute Gasteiger partial charge is 0.477 e. The van der Waals surface area contributed by atoms with Crippen molar-refractivity contribution in [1.82, 2.24) is 19.9 Å². The van der Waals surface area contributed by atoms with Gasteiger partial charge in [0.1, 0.15) is 21.2 Å². The first-order valence-corrected chi connectivity index (χ1v) is 7.96. The molecule has 2 rings (SSSR count). The maximum Gasteiger partial charge on any atom is 0.345 e. The maximum atomic E-state index is 11.9. The van der Waals surface area contributed by atoms with Crippen molar-refractivity contribution in [1.29, 1.82) is 0 Å². The van der Waals surface area contributed by atoms with Gasteiger partial charge in [0.15, 0.2) is 0 Å². The summed E-state index contributed by atoms with van der Waals surface area (Å²) >= 11 is 0.725. The lowest BCUT2D eigenvalue weighted by Crippen LogP contribution is -2.24. The van der Waals surface area contributed by atoms with Crippen LogP contribution in [0, 0.1) is 0 Å². The van der Waals surface area contributed by atoms with Crippen LogP contribution in [-0.2, 0) is 16.4 Å². The lowest BCUT2D eigenvalue weighted by molar-refractivity contribution is 0.0702. The van der Waals surface area contributed by atoms with Gasteiger partial charge in [-0.2, -0.15) is 5.10 Å². The average Bonchev–Trinajstić information content (AvgIpc) is 3.05. The van der Waals surface area contributed by atoms with Crippen LogP contribution in [0.3, 0.4) is 0 Å². The van der Waals surface area contributed by atoms with E-state index in [4.69, 9.17) is 5.11 Å². The van der Waals surface area contributed by atoms with Crippen LogP contribution in [0.25, 0.3) is 0 Å². The highest BCUT2D eigenvalue weighted by Gasteiger charge is 2.18. The quantitative estimate of drug-likeness (QED) is 0.638. The third kappa shape index (κ3) is 3.62. The standard InChI is InChI=1S/C10H12N4O4S2/c15-10(16)7-3-4-9(19-7)20(17,18)13-5-1-2-8-11-6-12-14-8/h3-4,6,13H,1-2,5H2,(H,15,16)(H,11,12,14). The number of carbonyl (C=O) groups is 1. The average molecular weight is 316 g/mol. The van der Waals surface area contributed by atoms with Crippen molar-refractivity contribution in [2.45, 2.75) is 17.1 Å². The first kappa shape index (κ1) is 14.6. The van der Waals surface area contributed by atoms with Crippen molar-refractivity contribution in [2.24, 2.45) is 0 Å². The summed E-state index contributed by atoms with van der Waals surface area (Å²) in [5.41, 5.74) is 0. The molecule has 3 N–H and O–H groups in total. The first-order valence-electron chi connectivity index (χ1n) is 5.66. The molecule has 2 aromatic heterocycles. The summed E-state index contributed by atoms with van der Waals surface area (Å²) in [5, 5.41) is 15.1.